The molecule has 0 aliphatic carbocycles. The number of halogens is 1. The summed E-state index contributed by atoms with van der Waals surface area (Å²) < 4.78 is 2.18. The van der Waals surface area contributed by atoms with Crippen LogP contribution in [0.3, 0.4) is 0 Å². The molecule has 3 aromatic rings. The quantitative estimate of drug-likeness (QED) is 0.600. The Bertz CT molecular complexity index is 771. The van der Waals surface area contributed by atoms with Crippen LogP contribution in [0.2, 0.25) is 5.02 Å². The minimum Gasteiger partial charge on any atom is -0.306 e. The maximum Gasteiger partial charge on any atom is 0.191 e. The first-order chi connectivity index (χ1) is 11.3. The van der Waals surface area contributed by atoms with Crippen LogP contribution in [0.1, 0.15) is 23.9 Å². The molecule has 0 saturated heterocycles. The van der Waals surface area contributed by atoms with E-state index in [2.05, 4.69) is 52.0 Å². The summed E-state index contributed by atoms with van der Waals surface area (Å²) in [6.07, 6.45) is 0.805. The van der Waals surface area contributed by atoms with Gasteiger partial charge in [-0.15, -0.1) is 10.2 Å². The van der Waals surface area contributed by atoms with Crippen molar-refractivity contribution < 1.29 is 0 Å². The van der Waals surface area contributed by atoms with Crippen LogP contribution in [0, 0.1) is 0 Å². The molecule has 0 spiro atoms. The van der Waals surface area contributed by atoms with Crippen LogP contribution in [-0.2, 0) is 18.7 Å². The van der Waals surface area contributed by atoms with Crippen molar-refractivity contribution >= 4 is 23.4 Å². The van der Waals surface area contributed by atoms with Crippen molar-refractivity contribution in [1.29, 1.82) is 0 Å². The second-order valence-corrected chi connectivity index (χ2v) is 6.60. The van der Waals surface area contributed by atoms with E-state index in [1.165, 1.54) is 11.1 Å². The van der Waals surface area contributed by atoms with Gasteiger partial charge in [-0.3, -0.25) is 0 Å². The molecule has 3 nitrogen and oxygen atoms in total. The van der Waals surface area contributed by atoms with Gasteiger partial charge < -0.3 is 4.57 Å². The summed E-state index contributed by atoms with van der Waals surface area (Å²) in [5.74, 6) is 1.84. The van der Waals surface area contributed by atoms with Crippen LogP contribution in [-0.4, -0.2) is 14.8 Å². The number of nitrogens with zero attached hydrogens (tertiary/aromatic N) is 3. The number of benzene rings is 2. The molecular formula is C18H18ClN3S. The fourth-order valence-electron chi connectivity index (χ4n) is 2.43. The van der Waals surface area contributed by atoms with E-state index >= 15 is 0 Å². The minimum atomic E-state index is 0.768. The lowest BCUT2D eigenvalue weighted by Crippen LogP contribution is -2.04. The molecule has 23 heavy (non-hydrogen) atoms. The van der Waals surface area contributed by atoms with Gasteiger partial charge in [0.25, 0.3) is 0 Å². The number of aromatic nitrogens is 3. The van der Waals surface area contributed by atoms with E-state index in [0.29, 0.717) is 0 Å². The van der Waals surface area contributed by atoms with Gasteiger partial charge in [0.15, 0.2) is 5.16 Å². The van der Waals surface area contributed by atoms with Crippen molar-refractivity contribution in [2.45, 2.75) is 30.8 Å². The summed E-state index contributed by atoms with van der Waals surface area (Å²) in [6.45, 7) is 2.99. The van der Waals surface area contributed by atoms with E-state index in [0.717, 1.165) is 34.7 Å². The van der Waals surface area contributed by atoms with E-state index in [-0.39, 0.29) is 0 Å². The molecule has 0 aliphatic heterocycles. The highest BCUT2D eigenvalue weighted by atomic mass is 35.5. The Kier molecular flexibility index (Phi) is 5.36. The summed E-state index contributed by atoms with van der Waals surface area (Å²) in [5, 5.41) is 10.5. The zero-order valence-corrected chi connectivity index (χ0v) is 14.5. The van der Waals surface area contributed by atoms with Crippen molar-refractivity contribution in [2.75, 3.05) is 0 Å². The molecule has 5 heteroatoms. The molecule has 2 aromatic carbocycles. The van der Waals surface area contributed by atoms with E-state index in [1.54, 1.807) is 11.8 Å². The lowest BCUT2D eigenvalue weighted by atomic mass is 10.1. The van der Waals surface area contributed by atoms with Gasteiger partial charge >= 0.3 is 0 Å². The van der Waals surface area contributed by atoms with E-state index < -0.39 is 0 Å². The highest BCUT2D eigenvalue weighted by molar-refractivity contribution is 7.98. The van der Waals surface area contributed by atoms with E-state index in [4.69, 9.17) is 11.6 Å². The number of rotatable bonds is 6. The van der Waals surface area contributed by atoms with Crippen LogP contribution >= 0.6 is 23.4 Å². The van der Waals surface area contributed by atoms with Gasteiger partial charge in [0.2, 0.25) is 0 Å². The smallest absolute Gasteiger partial charge is 0.191 e. The van der Waals surface area contributed by atoms with Gasteiger partial charge in [-0.1, -0.05) is 65.8 Å². The molecule has 0 fully saturated rings. The van der Waals surface area contributed by atoms with Gasteiger partial charge in [0.05, 0.1) is 0 Å². The van der Waals surface area contributed by atoms with Crippen molar-refractivity contribution in [3.05, 3.63) is 76.6 Å². The van der Waals surface area contributed by atoms with E-state index in [1.807, 2.05) is 24.3 Å². The van der Waals surface area contributed by atoms with Gasteiger partial charge in [-0.25, -0.2) is 0 Å². The second kappa shape index (κ2) is 7.66. The predicted octanol–water partition coefficient (Wildman–Crippen LogP) is 4.83. The van der Waals surface area contributed by atoms with Gasteiger partial charge in [-0.05, 0) is 30.2 Å². The van der Waals surface area contributed by atoms with Gasteiger partial charge in [-0.2, -0.15) is 0 Å². The second-order valence-electron chi connectivity index (χ2n) is 5.22. The Morgan fingerprint density at radius 2 is 1.78 bits per heavy atom. The van der Waals surface area contributed by atoms with Crippen LogP contribution in [0.5, 0.6) is 0 Å². The molecule has 1 aromatic heterocycles. The first kappa shape index (κ1) is 16.1. The van der Waals surface area contributed by atoms with Crippen molar-refractivity contribution in [1.82, 2.24) is 14.8 Å². The van der Waals surface area contributed by atoms with Crippen LogP contribution < -0.4 is 0 Å². The van der Waals surface area contributed by atoms with Crippen molar-refractivity contribution in [3.8, 4) is 0 Å². The third-order valence-electron chi connectivity index (χ3n) is 3.57. The summed E-state index contributed by atoms with van der Waals surface area (Å²) in [6, 6.07) is 18.3. The minimum absolute atomic E-state index is 0.768. The molecule has 1 heterocycles. The number of thioether (sulfide) groups is 1. The Morgan fingerprint density at radius 3 is 2.52 bits per heavy atom. The van der Waals surface area contributed by atoms with Crippen LogP contribution in [0.4, 0.5) is 0 Å². The molecule has 118 valence electrons. The maximum absolute atomic E-state index is 6.04. The SMILES string of the molecule is CCn1c(Cc2ccccc2)nnc1SCc1cccc(Cl)c1. The lowest BCUT2D eigenvalue weighted by molar-refractivity contribution is 0.651. The normalized spacial score (nSPS) is 10.9. The monoisotopic (exact) mass is 343 g/mol. The van der Waals surface area contributed by atoms with Crippen molar-refractivity contribution in [2.24, 2.45) is 0 Å². The molecule has 0 radical (unpaired) electrons. The fraction of sp³-hybridized carbons (Fsp3) is 0.222. The number of hydrogen-bond donors (Lipinski definition) is 0. The Balaban J connectivity index is 1.73. The highest BCUT2D eigenvalue weighted by Crippen LogP contribution is 2.24. The highest BCUT2D eigenvalue weighted by Gasteiger charge is 2.12. The topological polar surface area (TPSA) is 30.7 Å². The summed E-state index contributed by atoms with van der Waals surface area (Å²) in [5.41, 5.74) is 2.44. The maximum atomic E-state index is 6.04. The molecule has 0 unspecified atom stereocenters. The Hall–Kier alpha value is -1.78. The Labute approximate surface area is 145 Å². The molecule has 0 atom stereocenters. The molecule has 0 saturated carbocycles. The zero-order chi connectivity index (χ0) is 16.1. The van der Waals surface area contributed by atoms with Gasteiger partial charge in [0.1, 0.15) is 5.82 Å². The lowest BCUT2D eigenvalue weighted by Gasteiger charge is -2.07. The molecule has 0 aliphatic rings. The first-order valence-corrected chi connectivity index (χ1v) is 8.96. The summed E-state index contributed by atoms with van der Waals surface area (Å²) in [4.78, 5) is 0. The number of hydrogen-bond acceptors (Lipinski definition) is 3. The molecule has 0 bridgehead atoms. The molecule has 0 amide bonds. The average Bonchev–Trinajstić information content (AvgIpc) is 2.95. The summed E-state index contributed by atoms with van der Waals surface area (Å²) in [7, 11) is 0. The zero-order valence-electron chi connectivity index (χ0n) is 12.9. The van der Waals surface area contributed by atoms with Crippen LogP contribution in [0.25, 0.3) is 0 Å². The third kappa shape index (κ3) is 4.15. The average molecular weight is 344 g/mol. The standard InChI is InChI=1S/C18H18ClN3S/c1-2-22-17(12-14-7-4-3-5-8-14)20-21-18(22)23-13-15-9-6-10-16(19)11-15/h3-11H,2,12-13H2,1H3. The van der Waals surface area contributed by atoms with Crippen molar-refractivity contribution in [3.63, 3.8) is 0 Å². The third-order valence-corrected chi connectivity index (χ3v) is 4.84. The van der Waals surface area contributed by atoms with Crippen LogP contribution in [0.15, 0.2) is 59.8 Å². The first-order valence-electron chi connectivity index (χ1n) is 7.59. The predicted molar refractivity (Wildman–Crippen MR) is 96.0 cm³/mol. The molecule has 3 rings (SSSR count). The fourth-order valence-corrected chi connectivity index (χ4v) is 3.60. The largest absolute Gasteiger partial charge is 0.306 e. The van der Waals surface area contributed by atoms with Gasteiger partial charge in [0, 0.05) is 23.7 Å². The van der Waals surface area contributed by atoms with E-state index in [9.17, 15) is 0 Å². The Morgan fingerprint density at radius 1 is 1.00 bits per heavy atom. The molecule has 0 N–H and O–H groups in total. The summed E-state index contributed by atoms with van der Waals surface area (Å²) >= 11 is 7.73. The molecular weight excluding hydrogens is 326 g/mol.